The monoisotopic (exact) mass is 222 g/mol. The fourth-order valence-electron chi connectivity index (χ4n) is 1.65. The molecule has 0 radical (unpaired) electrons. The molecule has 1 heterocycles. The minimum atomic E-state index is -0.293. The van der Waals surface area contributed by atoms with Gasteiger partial charge in [0.25, 0.3) is 0 Å². The van der Waals surface area contributed by atoms with Crippen LogP contribution < -0.4 is 5.73 Å². The van der Waals surface area contributed by atoms with Crippen molar-refractivity contribution in [1.29, 1.82) is 0 Å². The van der Waals surface area contributed by atoms with Crippen molar-refractivity contribution in [3.63, 3.8) is 0 Å². The Kier molecular flexibility index (Phi) is 3.51. The summed E-state index contributed by atoms with van der Waals surface area (Å²) in [6, 6.07) is 4.40. The summed E-state index contributed by atoms with van der Waals surface area (Å²) in [7, 11) is 0. The molecular formula is C12H15FN2O. The van der Waals surface area contributed by atoms with E-state index in [0.717, 1.165) is 37.7 Å². The highest BCUT2D eigenvalue weighted by molar-refractivity contribution is 5.72. The Labute approximate surface area is 93.5 Å². The third-order valence-corrected chi connectivity index (χ3v) is 2.49. The van der Waals surface area contributed by atoms with Crippen molar-refractivity contribution in [3.8, 4) is 0 Å². The fourth-order valence-corrected chi connectivity index (χ4v) is 1.65. The number of aromatic nitrogens is 1. The number of benzene rings is 1. The number of aryl methyl sites for hydroxylation is 1. The second-order valence-corrected chi connectivity index (χ2v) is 3.82. The highest BCUT2D eigenvalue weighted by Gasteiger charge is 2.05. The van der Waals surface area contributed by atoms with Crippen molar-refractivity contribution < 1.29 is 8.81 Å². The topological polar surface area (TPSA) is 52.0 Å². The van der Waals surface area contributed by atoms with Gasteiger partial charge >= 0.3 is 0 Å². The van der Waals surface area contributed by atoms with Crippen LogP contribution in [0.1, 0.15) is 25.2 Å². The van der Waals surface area contributed by atoms with Gasteiger partial charge in [-0.15, -0.1) is 0 Å². The second kappa shape index (κ2) is 5.07. The summed E-state index contributed by atoms with van der Waals surface area (Å²) in [6.07, 6.45) is 3.89. The molecule has 0 fully saturated rings. The van der Waals surface area contributed by atoms with E-state index in [2.05, 4.69) is 4.98 Å². The maximum Gasteiger partial charge on any atom is 0.195 e. The first-order valence-corrected chi connectivity index (χ1v) is 5.54. The second-order valence-electron chi connectivity index (χ2n) is 3.82. The first-order chi connectivity index (χ1) is 7.79. The van der Waals surface area contributed by atoms with E-state index in [1.807, 2.05) is 0 Å². The van der Waals surface area contributed by atoms with E-state index in [-0.39, 0.29) is 5.82 Å². The zero-order valence-corrected chi connectivity index (χ0v) is 9.08. The molecule has 0 amide bonds. The van der Waals surface area contributed by atoms with Gasteiger partial charge in [-0.3, -0.25) is 0 Å². The van der Waals surface area contributed by atoms with Gasteiger partial charge in [0.2, 0.25) is 0 Å². The Hall–Kier alpha value is -1.42. The lowest BCUT2D eigenvalue weighted by Crippen LogP contribution is -1.98. The number of hydrogen-bond donors (Lipinski definition) is 1. The molecule has 0 saturated heterocycles. The van der Waals surface area contributed by atoms with E-state index in [4.69, 9.17) is 10.2 Å². The van der Waals surface area contributed by atoms with Gasteiger partial charge in [0.1, 0.15) is 11.3 Å². The number of rotatable bonds is 5. The molecule has 0 bridgehead atoms. The fraction of sp³-hybridized carbons (Fsp3) is 0.417. The first kappa shape index (κ1) is 11.1. The van der Waals surface area contributed by atoms with Crippen LogP contribution in [0.25, 0.3) is 11.1 Å². The maximum absolute atomic E-state index is 12.9. The van der Waals surface area contributed by atoms with Crippen LogP contribution in [0, 0.1) is 5.82 Å². The molecule has 0 aliphatic heterocycles. The average Bonchev–Trinajstić information content (AvgIpc) is 2.66. The van der Waals surface area contributed by atoms with Gasteiger partial charge in [0, 0.05) is 12.5 Å². The summed E-state index contributed by atoms with van der Waals surface area (Å²) in [5.41, 5.74) is 6.65. The van der Waals surface area contributed by atoms with Gasteiger partial charge in [0.15, 0.2) is 11.5 Å². The van der Waals surface area contributed by atoms with Crippen LogP contribution in [-0.4, -0.2) is 11.5 Å². The van der Waals surface area contributed by atoms with Crippen molar-refractivity contribution in [2.75, 3.05) is 6.54 Å². The van der Waals surface area contributed by atoms with E-state index in [9.17, 15) is 4.39 Å². The van der Waals surface area contributed by atoms with Crippen LogP contribution in [0.4, 0.5) is 4.39 Å². The Morgan fingerprint density at radius 1 is 1.25 bits per heavy atom. The van der Waals surface area contributed by atoms with Crippen molar-refractivity contribution in [2.24, 2.45) is 5.73 Å². The van der Waals surface area contributed by atoms with E-state index in [1.165, 1.54) is 12.1 Å². The minimum Gasteiger partial charge on any atom is -0.441 e. The Morgan fingerprint density at radius 3 is 2.94 bits per heavy atom. The molecule has 4 heteroatoms. The van der Waals surface area contributed by atoms with Crippen LogP contribution in [-0.2, 0) is 6.42 Å². The minimum absolute atomic E-state index is 0.293. The highest BCUT2D eigenvalue weighted by Crippen LogP contribution is 2.17. The molecule has 2 aromatic rings. The molecule has 1 aromatic carbocycles. The van der Waals surface area contributed by atoms with E-state index < -0.39 is 0 Å². The van der Waals surface area contributed by atoms with Crippen molar-refractivity contribution in [2.45, 2.75) is 25.7 Å². The molecule has 16 heavy (non-hydrogen) atoms. The lowest BCUT2D eigenvalue weighted by molar-refractivity contribution is 0.509. The zero-order chi connectivity index (χ0) is 11.4. The smallest absolute Gasteiger partial charge is 0.195 e. The van der Waals surface area contributed by atoms with Gasteiger partial charge in [-0.05, 0) is 31.5 Å². The molecule has 86 valence electrons. The van der Waals surface area contributed by atoms with Gasteiger partial charge in [-0.25, -0.2) is 9.37 Å². The van der Waals surface area contributed by atoms with Crippen LogP contribution in [0.3, 0.4) is 0 Å². The van der Waals surface area contributed by atoms with Gasteiger partial charge in [-0.1, -0.05) is 6.42 Å². The normalized spacial score (nSPS) is 11.1. The molecule has 1 aromatic heterocycles. The highest BCUT2D eigenvalue weighted by atomic mass is 19.1. The van der Waals surface area contributed by atoms with Gasteiger partial charge in [-0.2, -0.15) is 0 Å². The van der Waals surface area contributed by atoms with Gasteiger partial charge in [0.05, 0.1) is 0 Å². The van der Waals surface area contributed by atoms with Crippen molar-refractivity contribution >= 4 is 11.1 Å². The summed E-state index contributed by atoms with van der Waals surface area (Å²) in [5.74, 6) is 0.385. The molecule has 0 spiro atoms. The predicted molar refractivity (Wildman–Crippen MR) is 60.6 cm³/mol. The van der Waals surface area contributed by atoms with Crippen molar-refractivity contribution in [3.05, 3.63) is 29.9 Å². The number of nitrogens with zero attached hydrogens (tertiary/aromatic N) is 1. The molecular weight excluding hydrogens is 207 g/mol. The van der Waals surface area contributed by atoms with E-state index in [1.54, 1.807) is 6.07 Å². The van der Waals surface area contributed by atoms with Crippen LogP contribution in [0.2, 0.25) is 0 Å². The average molecular weight is 222 g/mol. The summed E-state index contributed by atoms with van der Waals surface area (Å²) in [4.78, 5) is 4.29. The van der Waals surface area contributed by atoms with E-state index >= 15 is 0 Å². The van der Waals surface area contributed by atoms with Crippen LogP contribution in [0.5, 0.6) is 0 Å². The third-order valence-electron chi connectivity index (χ3n) is 2.49. The maximum atomic E-state index is 12.9. The number of fused-ring (bicyclic) bond motifs is 1. The molecule has 2 N–H and O–H groups in total. The lowest BCUT2D eigenvalue weighted by atomic mass is 10.2. The van der Waals surface area contributed by atoms with Crippen LogP contribution in [0.15, 0.2) is 22.6 Å². The molecule has 0 aliphatic carbocycles. The predicted octanol–water partition coefficient (Wildman–Crippen LogP) is 2.64. The summed E-state index contributed by atoms with van der Waals surface area (Å²) in [5, 5.41) is 0. The third kappa shape index (κ3) is 2.58. The number of unbranched alkanes of at least 4 members (excludes halogenated alkanes) is 2. The first-order valence-electron chi connectivity index (χ1n) is 5.54. The number of oxazole rings is 1. The number of halogens is 1. The number of nitrogens with two attached hydrogens (primary N) is 1. The largest absolute Gasteiger partial charge is 0.441 e. The zero-order valence-electron chi connectivity index (χ0n) is 9.08. The van der Waals surface area contributed by atoms with Crippen molar-refractivity contribution in [1.82, 2.24) is 4.98 Å². The standard InChI is InChI=1S/C12H15FN2O/c13-9-5-6-10-11(8-9)16-12(15-10)4-2-1-3-7-14/h5-6,8H,1-4,7,14H2. The molecule has 0 aliphatic rings. The Balaban J connectivity index is 2.02. The van der Waals surface area contributed by atoms with Crippen LogP contribution >= 0.6 is 0 Å². The molecule has 0 saturated carbocycles. The quantitative estimate of drug-likeness (QED) is 0.791. The summed E-state index contributed by atoms with van der Waals surface area (Å²) < 4.78 is 18.3. The molecule has 2 rings (SSSR count). The molecule has 0 unspecified atom stereocenters. The lowest BCUT2D eigenvalue weighted by Gasteiger charge is -1.94. The number of hydrogen-bond acceptors (Lipinski definition) is 3. The summed E-state index contributed by atoms with van der Waals surface area (Å²) >= 11 is 0. The Morgan fingerprint density at radius 2 is 2.12 bits per heavy atom. The Bertz CT molecular complexity index is 467. The molecule has 0 atom stereocenters. The SMILES string of the molecule is NCCCCCc1nc2ccc(F)cc2o1. The van der Waals surface area contributed by atoms with E-state index in [0.29, 0.717) is 11.5 Å². The molecule has 3 nitrogen and oxygen atoms in total. The van der Waals surface area contributed by atoms with Gasteiger partial charge < -0.3 is 10.2 Å². The summed E-state index contributed by atoms with van der Waals surface area (Å²) in [6.45, 7) is 0.721.